The number of nitrogens with zero attached hydrogens (tertiary/aromatic N) is 2. The lowest BCUT2D eigenvalue weighted by Crippen LogP contribution is -2.45. The molecule has 1 heterocycles. The van der Waals surface area contributed by atoms with Crippen LogP contribution >= 0.6 is 0 Å². The second-order valence-corrected chi connectivity index (χ2v) is 8.50. The average Bonchev–Trinajstić information content (AvgIpc) is 2.70. The maximum absolute atomic E-state index is 13.0. The van der Waals surface area contributed by atoms with Gasteiger partial charge >= 0.3 is 0 Å². The number of aliphatic hydroxyl groups is 2. The summed E-state index contributed by atoms with van der Waals surface area (Å²) >= 11 is 0. The molecule has 0 aliphatic carbocycles. The van der Waals surface area contributed by atoms with Crippen molar-refractivity contribution < 1.29 is 23.4 Å². The Morgan fingerprint density at radius 2 is 1.83 bits per heavy atom. The van der Waals surface area contributed by atoms with Crippen LogP contribution in [0.4, 0.5) is 0 Å². The molecule has 1 aromatic rings. The number of carbonyl (C=O) groups excluding carboxylic acids is 1. The minimum Gasteiger partial charge on any atom is -0.394 e. The van der Waals surface area contributed by atoms with Crippen molar-refractivity contribution in [2.75, 3.05) is 13.2 Å². The molecule has 0 bridgehead atoms. The minimum absolute atomic E-state index is 0.136. The molecule has 7 nitrogen and oxygen atoms in total. The summed E-state index contributed by atoms with van der Waals surface area (Å²) in [5.74, 6) is -0.693. The highest BCUT2D eigenvalue weighted by atomic mass is 32.2. The first-order chi connectivity index (χ1) is 11.1. The predicted octanol–water partition coefficient (Wildman–Crippen LogP) is 0.492. The molecular formula is C16H22N2O5S. The topological polar surface area (TPSA) is 107 Å². The van der Waals surface area contributed by atoms with Crippen LogP contribution in [0.5, 0.6) is 0 Å². The van der Waals surface area contributed by atoms with E-state index in [1.165, 1.54) is 0 Å². The second-order valence-electron chi connectivity index (χ2n) is 6.64. The molecule has 1 aliphatic rings. The van der Waals surface area contributed by atoms with Crippen molar-refractivity contribution in [2.45, 2.75) is 37.7 Å². The SMILES string of the molecule is CC(C)(C)N1C(=O)C(=NCC(O)CO)C(c2ccccc2)S1(=O)=O. The van der Waals surface area contributed by atoms with E-state index in [1.807, 2.05) is 0 Å². The van der Waals surface area contributed by atoms with E-state index in [0.717, 1.165) is 4.31 Å². The molecule has 2 atom stereocenters. The number of aliphatic imine (C=N–C) groups is 1. The van der Waals surface area contributed by atoms with Gasteiger partial charge in [0, 0.05) is 0 Å². The van der Waals surface area contributed by atoms with E-state index >= 15 is 0 Å². The van der Waals surface area contributed by atoms with E-state index in [-0.39, 0.29) is 12.3 Å². The molecule has 0 saturated carbocycles. The summed E-state index contributed by atoms with van der Waals surface area (Å²) in [7, 11) is -3.98. The van der Waals surface area contributed by atoms with Gasteiger partial charge in [0.1, 0.15) is 5.71 Å². The van der Waals surface area contributed by atoms with Crippen LogP contribution in [-0.2, 0) is 14.8 Å². The molecule has 2 N–H and O–H groups in total. The van der Waals surface area contributed by atoms with Crippen LogP contribution in [0.15, 0.2) is 35.3 Å². The highest BCUT2D eigenvalue weighted by Gasteiger charge is 2.54. The summed E-state index contributed by atoms with van der Waals surface area (Å²) < 4.78 is 26.8. The molecule has 24 heavy (non-hydrogen) atoms. The summed E-state index contributed by atoms with van der Waals surface area (Å²) in [6.45, 7) is 4.15. The zero-order valence-electron chi connectivity index (χ0n) is 13.9. The van der Waals surface area contributed by atoms with Gasteiger partial charge in [0.15, 0.2) is 5.25 Å². The van der Waals surface area contributed by atoms with Gasteiger partial charge in [-0.3, -0.25) is 9.79 Å². The maximum atomic E-state index is 13.0. The quantitative estimate of drug-likeness (QED) is 0.818. The van der Waals surface area contributed by atoms with Crippen LogP contribution < -0.4 is 0 Å². The van der Waals surface area contributed by atoms with Crippen molar-refractivity contribution in [1.82, 2.24) is 4.31 Å². The smallest absolute Gasteiger partial charge is 0.283 e. The number of rotatable bonds is 4. The van der Waals surface area contributed by atoms with Crippen LogP contribution in [0.1, 0.15) is 31.6 Å². The third kappa shape index (κ3) is 3.35. The van der Waals surface area contributed by atoms with E-state index in [2.05, 4.69) is 4.99 Å². The molecule has 8 heteroatoms. The summed E-state index contributed by atoms with van der Waals surface area (Å²) in [5.41, 5.74) is -0.631. The van der Waals surface area contributed by atoms with Gasteiger partial charge < -0.3 is 10.2 Å². The van der Waals surface area contributed by atoms with Crippen molar-refractivity contribution in [3.8, 4) is 0 Å². The Morgan fingerprint density at radius 3 is 2.33 bits per heavy atom. The van der Waals surface area contributed by atoms with Crippen molar-refractivity contribution in [1.29, 1.82) is 0 Å². The normalized spacial score (nSPS) is 23.7. The van der Waals surface area contributed by atoms with Crippen LogP contribution in [0, 0.1) is 0 Å². The molecule has 0 spiro atoms. The van der Waals surface area contributed by atoms with Gasteiger partial charge in [-0.05, 0) is 26.3 Å². The van der Waals surface area contributed by atoms with Crippen LogP contribution in [0.25, 0.3) is 0 Å². The summed E-state index contributed by atoms with van der Waals surface area (Å²) in [4.78, 5) is 16.8. The largest absolute Gasteiger partial charge is 0.394 e. The van der Waals surface area contributed by atoms with Gasteiger partial charge in [-0.25, -0.2) is 12.7 Å². The number of hydrogen-bond acceptors (Lipinski definition) is 6. The first kappa shape index (κ1) is 18.6. The second kappa shape index (κ2) is 6.62. The van der Waals surface area contributed by atoms with Gasteiger partial charge in [0.05, 0.1) is 24.8 Å². The number of amides is 1. The van der Waals surface area contributed by atoms with E-state index in [1.54, 1.807) is 51.1 Å². The fourth-order valence-corrected chi connectivity index (χ4v) is 4.89. The van der Waals surface area contributed by atoms with Crippen LogP contribution in [0.2, 0.25) is 0 Å². The molecule has 2 unspecified atom stereocenters. The van der Waals surface area contributed by atoms with Crippen molar-refractivity contribution in [3.63, 3.8) is 0 Å². The molecule has 1 saturated heterocycles. The summed E-state index contributed by atoms with van der Waals surface area (Å²) in [5, 5.41) is 17.2. The van der Waals surface area contributed by atoms with Gasteiger partial charge in [0.25, 0.3) is 15.9 Å². The van der Waals surface area contributed by atoms with Gasteiger partial charge in [-0.1, -0.05) is 30.3 Å². The van der Waals surface area contributed by atoms with E-state index in [4.69, 9.17) is 5.11 Å². The Morgan fingerprint density at radius 1 is 1.25 bits per heavy atom. The molecule has 0 aromatic heterocycles. The Kier molecular flexibility index (Phi) is 5.12. The van der Waals surface area contributed by atoms with Gasteiger partial charge in [-0.15, -0.1) is 0 Å². The molecule has 1 aromatic carbocycles. The van der Waals surface area contributed by atoms with Crippen molar-refractivity contribution in [2.24, 2.45) is 4.99 Å². The maximum Gasteiger partial charge on any atom is 0.283 e. The monoisotopic (exact) mass is 354 g/mol. The summed E-state index contributed by atoms with van der Waals surface area (Å²) in [6, 6.07) is 8.38. The number of aliphatic hydroxyl groups excluding tert-OH is 2. The van der Waals surface area contributed by atoms with Crippen LogP contribution in [0.3, 0.4) is 0 Å². The first-order valence-electron chi connectivity index (χ1n) is 7.57. The molecule has 0 radical (unpaired) electrons. The lowest BCUT2D eigenvalue weighted by Gasteiger charge is -2.30. The molecular weight excluding hydrogens is 332 g/mol. The standard InChI is InChI=1S/C16H22N2O5S/c1-16(2,3)18-15(21)13(17-9-12(20)10-19)14(24(18,22)23)11-7-5-4-6-8-11/h4-8,12,14,19-20H,9-10H2,1-3H3. The fraction of sp³-hybridized carbons (Fsp3) is 0.500. The van der Waals surface area contributed by atoms with Crippen LogP contribution in [-0.4, -0.2) is 59.3 Å². The minimum atomic E-state index is -3.98. The molecule has 2 rings (SSSR count). The Hall–Kier alpha value is -1.77. The Labute approximate surface area is 141 Å². The first-order valence-corrected chi connectivity index (χ1v) is 9.07. The van der Waals surface area contributed by atoms with Gasteiger partial charge in [-0.2, -0.15) is 0 Å². The summed E-state index contributed by atoms with van der Waals surface area (Å²) in [6.07, 6.45) is -1.15. The highest BCUT2D eigenvalue weighted by Crippen LogP contribution is 2.38. The van der Waals surface area contributed by atoms with Gasteiger partial charge in [0.2, 0.25) is 0 Å². The molecule has 1 aliphatic heterocycles. The average molecular weight is 354 g/mol. The number of sulfonamides is 1. The third-order valence-electron chi connectivity index (χ3n) is 3.60. The van der Waals surface area contributed by atoms with E-state index in [9.17, 15) is 18.3 Å². The Bertz CT molecular complexity index is 737. The lowest BCUT2D eigenvalue weighted by molar-refractivity contribution is -0.122. The zero-order chi connectivity index (χ0) is 18.1. The molecule has 1 amide bonds. The Balaban J connectivity index is 2.60. The third-order valence-corrected chi connectivity index (χ3v) is 5.91. The highest BCUT2D eigenvalue weighted by molar-refractivity contribution is 7.91. The number of carbonyl (C=O) groups is 1. The zero-order valence-corrected chi connectivity index (χ0v) is 14.7. The molecule has 132 valence electrons. The number of benzene rings is 1. The van der Waals surface area contributed by atoms with E-state index < -0.39 is 39.4 Å². The fourth-order valence-electron chi connectivity index (χ4n) is 2.63. The van der Waals surface area contributed by atoms with Crippen molar-refractivity contribution >= 4 is 21.6 Å². The van der Waals surface area contributed by atoms with E-state index in [0.29, 0.717) is 5.56 Å². The predicted molar refractivity (Wildman–Crippen MR) is 90.1 cm³/mol. The van der Waals surface area contributed by atoms with Crippen molar-refractivity contribution in [3.05, 3.63) is 35.9 Å². The number of hydrogen-bond donors (Lipinski definition) is 2. The molecule has 1 fully saturated rings. The lowest BCUT2D eigenvalue weighted by atomic mass is 10.0.